The Bertz CT molecular complexity index is 492. The number of esters is 1. The first-order valence-electron chi connectivity index (χ1n) is 7.02. The zero-order valence-electron chi connectivity index (χ0n) is 12.1. The van der Waals surface area contributed by atoms with Crippen LogP contribution in [0.5, 0.6) is 0 Å². The SMILES string of the molecule is COC(=O)CC1CC(N)CN(C(=O)Nc2ccccc2)C1. The van der Waals surface area contributed by atoms with Crippen molar-refractivity contribution in [3.8, 4) is 0 Å². The second-order valence-corrected chi connectivity index (χ2v) is 5.34. The van der Waals surface area contributed by atoms with Crippen LogP contribution in [-0.4, -0.2) is 43.1 Å². The molecule has 3 N–H and O–H groups in total. The fourth-order valence-electron chi connectivity index (χ4n) is 2.60. The third-order valence-corrected chi connectivity index (χ3v) is 3.56. The highest BCUT2D eigenvalue weighted by molar-refractivity contribution is 5.89. The Morgan fingerprint density at radius 2 is 2.05 bits per heavy atom. The van der Waals surface area contributed by atoms with Gasteiger partial charge in [0.25, 0.3) is 0 Å². The summed E-state index contributed by atoms with van der Waals surface area (Å²) in [5.74, 6) is -0.222. The smallest absolute Gasteiger partial charge is 0.321 e. The molecule has 2 amide bonds. The lowest BCUT2D eigenvalue weighted by molar-refractivity contribution is -0.142. The molecule has 0 radical (unpaired) electrons. The molecule has 1 aliphatic rings. The molecule has 1 fully saturated rings. The first-order chi connectivity index (χ1) is 10.1. The lowest BCUT2D eigenvalue weighted by Crippen LogP contribution is -2.51. The van der Waals surface area contributed by atoms with Gasteiger partial charge >= 0.3 is 12.0 Å². The van der Waals surface area contributed by atoms with Crippen LogP contribution in [0.2, 0.25) is 0 Å². The molecule has 6 nitrogen and oxygen atoms in total. The number of para-hydroxylation sites is 1. The van der Waals surface area contributed by atoms with Crippen LogP contribution >= 0.6 is 0 Å². The molecule has 1 aromatic rings. The van der Waals surface area contributed by atoms with Crippen LogP contribution in [-0.2, 0) is 9.53 Å². The lowest BCUT2D eigenvalue weighted by Gasteiger charge is -2.35. The summed E-state index contributed by atoms with van der Waals surface area (Å²) in [6, 6.07) is 8.95. The second kappa shape index (κ2) is 7.08. The summed E-state index contributed by atoms with van der Waals surface area (Å²) in [7, 11) is 1.37. The Hall–Kier alpha value is -2.08. The number of hydrogen-bond acceptors (Lipinski definition) is 4. The van der Waals surface area contributed by atoms with Crippen molar-refractivity contribution < 1.29 is 14.3 Å². The van der Waals surface area contributed by atoms with E-state index >= 15 is 0 Å². The summed E-state index contributed by atoms with van der Waals surface area (Å²) < 4.78 is 4.68. The fourth-order valence-corrected chi connectivity index (χ4v) is 2.60. The summed E-state index contributed by atoms with van der Waals surface area (Å²) in [5, 5.41) is 2.84. The van der Waals surface area contributed by atoms with E-state index in [-0.39, 0.29) is 24.0 Å². The largest absolute Gasteiger partial charge is 0.469 e. The number of hydrogen-bond donors (Lipinski definition) is 2. The second-order valence-electron chi connectivity index (χ2n) is 5.34. The van der Waals surface area contributed by atoms with Gasteiger partial charge in [-0.2, -0.15) is 0 Å². The number of benzene rings is 1. The number of ether oxygens (including phenoxy) is 1. The Morgan fingerprint density at radius 1 is 1.33 bits per heavy atom. The summed E-state index contributed by atoms with van der Waals surface area (Å²) >= 11 is 0. The van der Waals surface area contributed by atoms with Gasteiger partial charge in [0.05, 0.1) is 13.5 Å². The number of piperidine rings is 1. The number of methoxy groups -OCH3 is 1. The maximum Gasteiger partial charge on any atom is 0.321 e. The van der Waals surface area contributed by atoms with E-state index in [1.807, 2.05) is 30.3 Å². The molecule has 0 aromatic heterocycles. The number of nitrogens with two attached hydrogens (primary N) is 1. The van der Waals surface area contributed by atoms with Gasteiger partial charge in [0.2, 0.25) is 0 Å². The first kappa shape index (κ1) is 15.3. The van der Waals surface area contributed by atoms with Crippen LogP contribution in [0, 0.1) is 5.92 Å². The highest BCUT2D eigenvalue weighted by Crippen LogP contribution is 2.20. The number of carbonyl (C=O) groups is 2. The zero-order chi connectivity index (χ0) is 15.2. The predicted molar refractivity (Wildman–Crippen MR) is 79.7 cm³/mol. The monoisotopic (exact) mass is 291 g/mol. The summed E-state index contributed by atoms with van der Waals surface area (Å²) in [5.41, 5.74) is 6.73. The molecule has 1 aliphatic heterocycles. The van der Waals surface area contributed by atoms with Crippen LogP contribution < -0.4 is 11.1 Å². The van der Waals surface area contributed by atoms with Crippen molar-refractivity contribution in [1.82, 2.24) is 4.90 Å². The molecule has 6 heteroatoms. The maximum absolute atomic E-state index is 12.3. The van der Waals surface area contributed by atoms with Crippen molar-refractivity contribution in [2.45, 2.75) is 18.9 Å². The maximum atomic E-state index is 12.3. The van der Waals surface area contributed by atoms with Crippen molar-refractivity contribution in [1.29, 1.82) is 0 Å². The molecular weight excluding hydrogens is 270 g/mol. The quantitative estimate of drug-likeness (QED) is 0.825. The molecule has 114 valence electrons. The summed E-state index contributed by atoms with van der Waals surface area (Å²) in [4.78, 5) is 25.3. The minimum Gasteiger partial charge on any atom is -0.469 e. The number of urea groups is 1. The van der Waals surface area contributed by atoms with E-state index in [9.17, 15) is 9.59 Å². The fraction of sp³-hybridized carbons (Fsp3) is 0.467. The van der Waals surface area contributed by atoms with E-state index in [0.717, 1.165) is 12.1 Å². The van der Waals surface area contributed by atoms with E-state index in [1.165, 1.54) is 7.11 Å². The van der Waals surface area contributed by atoms with Crippen LogP contribution in [0.1, 0.15) is 12.8 Å². The van der Waals surface area contributed by atoms with Crippen molar-refractivity contribution >= 4 is 17.7 Å². The van der Waals surface area contributed by atoms with Crippen LogP contribution in [0.25, 0.3) is 0 Å². The van der Waals surface area contributed by atoms with E-state index in [2.05, 4.69) is 10.1 Å². The molecular formula is C15H21N3O3. The van der Waals surface area contributed by atoms with Gasteiger partial charge in [-0.15, -0.1) is 0 Å². The van der Waals surface area contributed by atoms with Gasteiger partial charge in [-0.25, -0.2) is 4.79 Å². The van der Waals surface area contributed by atoms with E-state index in [0.29, 0.717) is 19.5 Å². The Kier molecular flexibility index (Phi) is 5.16. The van der Waals surface area contributed by atoms with E-state index in [4.69, 9.17) is 5.73 Å². The van der Waals surface area contributed by atoms with Crippen LogP contribution in [0.3, 0.4) is 0 Å². The first-order valence-corrected chi connectivity index (χ1v) is 7.02. The molecule has 1 aromatic carbocycles. The number of nitrogens with zero attached hydrogens (tertiary/aromatic N) is 1. The van der Waals surface area contributed by atoms with Crippen molar-refractivity contribution in [2.75, 3.05) is 25.5 Å². The number of amides is 2. The third-order valence-electron chi connectivity index (χ3n) is 3.56. The van der Waals surface area contributed by atoms with Crippen LogP contribution in [0.4, 0.5) is 10.5 Å². The normalized spacial score (nSPS) is 21.7. The highest BCUT2D eigenvalue weighted by atomic mass is 16.5. The highest BCUT2D eigenvalue weighted by Gasteiger charge is 2.29. The molecule has 0 aliphatic carbocycles. The standard InChI is InChI=1S/C15H21N3O3/c1-21-14(19)8-11-7-12(16)10-18(9-11)15(20)17-13-5-3-2-4-6-13/h2-6,11-12H,7-10,16H2,1H3,(H,17,20). The van der Waals surface area contributed by atoms with Gasteiger partial charge in [0.15, 0.2) is 0 Å². The average Bonchev–Trinajstić information content (AvgIpc) is 2.47. The van der Waals surface area contributed by atoms with E-state index < -0.39 is 0 Å². The number of likely N-dealkylation sites (tertiary alicyclic amines) is 1. The zero-order valence-corrected chi connectivity index (χ0v) is 12.1. The minimum atomic E-state index is -0.266. The number of nitrogens with one attached hydrogen (secondary N) is 1. The van der Waals surface area contributed by atoms with Gasteiger partial charge in [-0.1, -0.05) is 18.2 Å². The average molecular weight is 291 g/mol. The van der Waals surface area contributed by atoms with Gasteiger partial charge in [-0.3, -0.25) is 4.79 Å². The number of anilines is 1. The summed E-state index contributed by atoms with van der Waals surface area (Å²) in [6.07, 6.45) is 1.02. The van der Waals surface area contributed by atoms with Gasteiger partial charge in [-0.05, 0) is 24.5 Å². The molecule has 2 unspecified atom stereocenters. The Balaban J connectivity index is 1.95. The number of carbonyl (C=O) groups excluding carboxylic acids is 2. The Morgan fingerprint density at radius 3 is 2.71 bits per heavy atom. The van der Waals surface area contributed by atoms with Crippen molar-refractivity contribution in [3.63, 3.8) is 0 Å². The van der Waals surface area contributed by atoms with E-state index in [1.54, 1.807) is 4.90 Å². The van der Waals surface area contributed by atoms with Crippen molar-refractivity contribution in [2.24, 2.45) is 11.7 Å². The summed E-state index contributed by atoms with van der Waals surface area (Å²) in [6.45, 7) is 1.01. The molecule has 0 bridgehead atoms. The van der Waals surface area contributed by atoms with Gasteiger partial charge < -0.3 is 20.7 Å². The molecule has 2 atom stereocenters. The third kappa shape index (κ3) is 4.46. The molecule has 2 rings (SSSR count). The van der Waals surface area contributed by atoms with Gasteiger partial charge in [0, 0.05) is 24.8 Å². The number of rotatable bonds is 3. The topological polar surface area (TPSA) is 84.7 Å². The molecule has 0 saturated carbocycles. The minimum absolute atomic E-state index is 0.0442. The predicted octanol–water partition coefficient (Wildman–Crippen LogP) is 1.43. The molecule has 1 saturated heterocycles. The Labute approximate surface area is 124 Å². The van der Waals surface area contributed by atoms with Crippen molar-refractivity contribution in [3.05, 3.63) is 30.3 Å². The molecule has 1 heterocycles. The van der Waals surface area contributed by atoms with Crippen LogP contribution in [0.15, 0.2) is 30.3 Å². The molecule has 0 spiro atoms. The molecule has 21 heavy (non-hydrogen) atoms. The lowest BCUT2D eigenvalue weighted by atomic mass is 9.92. The van der Waals surface area contributed by atoms with Gasteiger partial charge in [0.1, 0.15) is 0 Å².